The van der Waals surface area contributed by atoms with E-state index in [-0.39, 0.29) is 19.1 Å². The van der Waals surface area contributed by atoms with E-state index in [0.29, 0.717) is 17.0 Å². The Labute approximate surface area is 142 Å². The summed E-state index contributed by atoms with van der Waals surface area (Å²) >= 11 is 0. The molecule has 0 heterocycles. The Morgan fingerprint density at radius 3 is 2.38 bits per heavy atom. The van der Waals surface area contributed by atoms with Crippen LogP contribution in [-0.2, 0) is 0 Å². The largest absolute Gasteiger partial charge is 0.491 e. The molecule has 5 heteroatoms. The molecular formula is C19H24N2O3. The first-order valence-corrected chi connectivity index (χ1v) is 8.10. The van der Waals surface area contributed by atoms with Crippen molar-refractivity contribution < 1.29 is 14.6 Å². The molecule has 0 unspecified atom stereocenters. The van der Waals surface area contributed by atoms with Crippen molar-refractivity contribution in [3.8, 4) is 5.75 Å². The summed E-state index contributed by atoms with van der Waals surface area (Å²) in [6.45, 7) is 3.35. The van der Waals surface area contributed by atoms with E-state index in [0.717, 1.165) is 18.7 Å². The van der Waals surface area contributed by atoms with E-state index in [4.69, 9.17) is 9.84 Å². The zero-order chi connectivity index (χ0) is 17.4. The minimum atomic E-state index is -0.149. The molecule has 128 valence electrons. The topological polar surface area (TPSA) is 61.8 Å². The molecule has 0 aromatic heterocycles. The third-order valence-corrected chi connectivity index (χ3v) is 3.60. The molecule has 2 aromatic rings. The molecule has 0 atom stereocenters. The fourth-order valence-corrected chi connectivity index (χ4v) is 2.33. The van der Waals surface area contributed by atoms with Crippen molar-refractivity contribution in [2.75, 3.05) is 37.0 Å². The Balaban J connectivity index is 1.96. The first-order chi connectivity index (χ1) is 11.6. The molecule has 1 amide bonds. The third kappa shape index (κ3) is 4.99. The fraction of sp³-hybridized carbons (Fsp3) is 0.316. The number of anilines is 2. The van der Waals surface area contributed by atoms with E-state index in [9.17, 15) is 4.79 Å². The molecule has 0 radical (unpaired) electrons. The van der Waals surface area contributed by atoms with Crippen LogP contribution < -0.4 is 15.0 Å². The van der Waals surface area contributed by atoms with Crippen LogP contribution in [0.15, 0.2) is 48.5 Å². The number of benzene rings is 2. The molecule has 2 rings (SSSR count). The molecule has 2 N–H and O–H groups in total. The van der Waals surface area contributed by atoms with Crippen molar-refractivity contribution in [2.45, 2.75) is 13.3 Å². The predicted octanol–water partition coefficient (Wildman–Crippen LogP) is 3.16. The molecule has 0 aliphatic rings. The summed E-state index contributed by atoms with van der Waals surface area (Å²) in [5.41, 5.74) is 2.41. The van der Waals surface area contributed by atoms with Gasteiger partial charge in [0.25, 0.3) is 5.91 Å². The number of nitrogens with zero attached hydrogens (tertiary/aromatic N) is 1. The quantitative estimate of drug-likeness (QED) is 0.781. The summed E-state index contributed by atoms with van der Waals surface area (Å²) < 4.78 is 5.29. The van der Waals surface area contributed by atoms with Crippen LogP contribution >= 0.6 is 0 Å². The van der Waals surface area contributed by atoms with Crippen LogP contribution in [0.4, 0.5) is 11.4 Å². The number of carbonyl (C=O) groups is 1. The molecule has 0 aliphatic carbocycles. The molecule has 0 spiro atoms. The smallest absolute Gasteiger partial charge is 0.255 e. The Morgan fingerprint density at radius 1 is 1.12 bits per heavy atom. The molecular weight excluding hydrogens is 304 g/mol. The minimum Gasteiger partial charge on any atom is -0.491 e. The van der Waals surface area contributed by atoms with Gasteiger partial charge in [-0.25, -0.2) is 0 Å². The van der Waals surface area contributed by atoms with Gasteiger partial charge in [-0.3, -0.25) is 4.79 Å². The van der Waals surface area contributed by atoms with Gasteiger partial charge in [-0.15, -0.1) is 0 Å². The van der Waals surface area contributed by atoms with Crippen molar-refractivity contribution in [1.29, 1.82) is 0 Å². The number of carbonyl (C=O) groups excluding carboxylic acids is 1. The number of hydrogen-bond acceptors (Lipinski definition) is 4. The second-order valence-corrected chi connectivity index (χ2v) is 5.52. The maximum atomic E-state index is 12.3. The summed E-state index contributed by atoms with van der Waals surface area (Å²) in [5, 5.41) is 11.6. The average molecular weight is 328 g/mol. The second kappa shape index (κ2) is 8.93. The van der Waals surface area contributed by atoms with Crippen LogP contribution in [0.3, 0.4) is 0 Å². The molecule has 0 aliphatic heterocycles. The predicted molar refractivity (Wildman–Crippen MR) is 97.0 cm³/mol. The summed E-state index contributed by atoms with van der Waals surface area (Å²) in [6.07, 6.45) is 1.08. The monoisotopic (exact) mass is 328 g/mol. The Hall–Kier alpha value is -2.53. The number of amides is 1. The molecule has 0 fully saturated rings. The first-order valence-electron chi connectivity index (χ1n) is 8.10. The van der Waals surface area contributed by atoms with Crippen molar-refractivity contribution in [1.82, 2.24) is 0 Å². The Bertz CT molecular complexity index is 639. The lowest BCUT2D eigenvalue weighted by Gasteiger charge is -2.18. The molecule has 0 saturated heterocycles. The van der Waals surface area contributed by atoms with Crippen LogP contribution in [0, 0.1) is 0 Å². The average Bonchev–Trinajstić information content (AvgIpc) is 2.61. The molecule has 5 nitrogen and oxygen atoms in total. The van der Waals surface area contributed by atoms with E-state index >= 15 is 0 Å². The fourth-order valence-electron chi connectivity index (χ4n) is 2.33. The first kappa shape index (κ1) is 17.8. The highest BCUT2D eigenvalue weighted by atomic mass is 16.5. The van der Waals surface area contributed by atoms with Gasteiger partial charge in [-0.05, 0) is 55.0 Å². The van der Waals surface area contributed by atoms with Gasteiger partial charge in [0.15, 0.2) is 0 Å². The zero-order valence-electron chi connectivity index (χ0n) is 14.2. The standard InChI is InChI=1S/C19H24N2O3/c1-3-12-21(2)17-8-4-15(5-9-17)19(23)20-16-6-10-18(11-7-16)24-14-13-22/h4-11,22H,3,12-14H2,1-2H3,(H,20,23). The molecule has 24 heavy (non-hydrogen) atoms. The van der Waals surface area contributed by atoms with Gasteiger partial charge in [-0.1, -0.05) is 6.92 Å². The van der Waals surface area contributed by atoms with Crippen molar-refractivity contribution in [2.24, 2.45) is 0 Å². The number of rotatable bonds is 8. The number of ether oxygens (including phenoxy) is 1. The molecule has 2 aromatic carbocycles. The second-order valence-electron chi connectivity index (χ2n) is 5.52. The molecule has 0 bridgehead atoms. The van der Waals surface area contributed by atoms with Gasteiger partial charge in [0.1, 0.15) is 12.4 Å². The summed E-state index contributed by atoms with van der Waals surface area (Å²) in [4.78, 5) is 14.4. The van der Waals surface area contributed by atoms with E-state index in [1.807, 2.05) is 31.3 Å². The maximum Gasteiger partial charge on any atom is 0.255 e. The maximum absolute atomic E-state index is 12.3. The van der Waals surface area contributed by atoms with Gasteiger partial charge < -0.3 is 20.1 Å². The Morgan fingerprint density at radius 2 is 1.79 bits per heavy atom. The van der Waals surface area contributed by atoms with E-state index in [1.54, 1.807) is 24.3 Å². The van der Waals surface area contributed by atoms with E-state index in [1.165, 1.54) is 0 Å². The lowest BCUT2D eigenvalue weighted by Crippen LogP contribution is -2.18. The highest BCUT2D eigenvalue weighted by Crippen LogP contribution is 2.18. The van der Waals surface area contributed by atoms with Gasteiger partial charge in [0, 0.05) is 30.5 Å². The van der Waals surface area contributed by atoms with Crippen LogP contribution in [0.5, 0.6) is 5.75 Å². The van der Waals surface area contributed by atoms with Crippen molar-refractivity contribution in [3.05, 3.63) is 54.1 Å². The van der Waals surface area contributed by atoms with Crippen LogP contribution in [0.1, 0.15) is 23.7 Å². The van der Waals surface area contributed by atoms with Gasteiger partial charge >= 0.3 is 0 Å². The van der Waals surface area contributed by atoms with Gasteiger partial charge in [0.2, 0.25) is 0 Å². The summed E-state index contributed by atoms with van der Waals surface area (Å²) in [6, 6.07) is 14.6. The van der Waals surface area contributed by atoms with Crippen molar-refractivity contribution >= 4 is 17.3 Å². The lowest BCUT2D eigenvalue weighted by atomic mass is 10.1. The third-order valence-electron chi connectivity index (χ3n) is 3.60. The number of hydrogen-bond donors (Lipinski definition) is 2. The lowest BCUT2D eigenvalue weighted by molar-refractivity contribution is 0.102. The Kier molecular flexibility index (Phi) is 6.63. The summed E-state index contributed by atoms with van der Waals surface area (Å²) in [5.74, 6) is 0.508. The van der Waals surface area contributed by atoms with Gasteiger partial charge in [0.05, 0.1) is 6.61 Å². The van der Waals surface area contributed by atoms with Crippen LogP contribution in [0.25, 0.3) is 0 Å². The van der Waals surface area contributed by atoms with Crippen molar-refractivity contribution in [3.63, 3.8) is 0 Å². The van der Waals surface area contributed by atoms with Gasteiger partial charge in [-0.2, -0.15) is 0 Å². The molecule has 0 saturated carbocycles. The van der Waals surface area contributed by atoms with E-state index < -0.39 is 0 Å². The van der Waals surface area contributed by atoms with Crippen LogP contribution in [-0.4, -0.2) is 37.8 Å². The van der Waals surface area contributed by atoms with E-state index in [2.05, 4.69) is 17.1 Å². The summed E-state index contributed by atoms with van der Waals surface area (Å²) in [7, 11) is 2.04. The number of aliphatic hydroxyl groups excluding tert-OH is 1. The number of aliphatic hydroxyl groups is 1. The highest BCUT2D eigenvalue weighted by molar-refractivity contribution is 6.04. The zero-order valence-corrected chi connectivity index (χ0v) is 14.2. The number of nitrogens with one attached hydrogen (secondary N) is 1. The normalized spacial score (nSPS) is 10.3. The van der Waals surface area contributed by atoms with Crippen LogP contribution in [0.2, 0.25) is 0 Å². The highest BCUT2D eigenvalue weighted by Gasteiger charge is 2.07. The SMILES string of the molecule is CCCN(C)c1ccc(C(=O)Nc2ccc(OCCO)cc2)cc1. The minimum absolute atomic E-state index is 0.0259.